The molecule has 1 unspecified atom stereocenters. The fraction of sp³-hybridized carbons (Fsp3) is 0.722. The minimum Gasteiger partial charge on any atom is -0.308 e. The average Bonchev–Trinajstić information content (AvgIpc) is 2.87. The normalized spacial score (nSPS) is 26.3. The lowest BCUT2D eigenvalue weighted by Gasteiger charge is -2.50. The molecule has 1 spiro atoms. The lowest BCUT2D eigenvalue weighted by molar-refractivity contribution is 0.0179. The third-order valence-electron chi connectivity index (χ3n) is 5.31. The number of rotatable bonds is 2. The van der Waals surface area contributed by atoms with Crippen molar-refractivity contribution in [2.45, 2.75) is 64.6 Å². The summed E-state index contributed by atoms with van der Waals surface area (Å²) in [4.78, 5) is 6.87. The van der Waals surface area contributed by atoms with Gasteiger partial charge in [0.1, 0.15) is 0 Å². The molecule has 1 saturated heterocycles. The molecule has 1 aromatic rings. The minimum absolute atomic E-state index is 0.306. The van der Waals surface area contributed by atoms with E-state index in [4.69, 9.17) is 0 Å². The van der Waals surface area contributed by atoms with Crippen LogP contribution in [0.3, 0.4) is 0 Å². The summed E-state index contributed by atoms with van der Waals surface area (Å²) < 4.78 is 0. The molecule has 3 nitrogen and oxygen atoms in total. The summed E-state index contributed by atoms with van der Waals surface area (Å²) in [5.74, 6) is 0. The van der Waals surface area contributed by atoms with Crippen LogP contribution in [-0.4, -0.2) is 34.6 Å². The number of nitrogens with one attached hydrogen (secondary N) is 1. The van der Waals surface area contributed by atoms with E-state index in [1.54, 1.807) is 0 Å². The number of aromatic nitrogens is 1. The fourth-order valence-electron chi connectivity index (χ4n) is 4.13. The Labute approximate surface area is 129 Å². The molecule has 1 N–H and O–H groups in total. The molecule has 116 valence electrons. The van der Waals surface area contributed by atoms with Crippen molar-refractivity contribution in [1.82, 2.24) is 15.2 Å². The third kappa shape index (κ3) is 3.29. The number of nitrogens with zero attached hydrogens (tertiary/aromatic N) is 2. The van der Waals surface area contributed by atoms with Gasteiger partial charge in [0.05, 0.1) is 0 Å². The molecule has 1 atom stereocenters. The van der Waals surface area contributed by atoms with E-state index < -0.39 is 0 Å². The highest BCUT2D eigenvalue weighted by atomic mass is 15.3. The maximum absolute atomic E-state index is 4.15. The number of hydrogen-bond acceptors (Lipinski definition) is 3. The van der Waals surface area contributed by atoms with Gasteiger partial charge in [-0.3, -0.25) is 9.88 Å². The summed E-state index contributed by atoms with van der Waals surface area (Å²) in [6.45, 7) is 10.5. The highest BCUT2D eigenvalue weighted by Crippen LogP contribution is 2.37. The largest absolute Gasteiger partial charge is 0.308 e. The van der Waals surface area contributed by atoms with Crippen LogP contribution >= 0.6 is 0 Å². The summed E-state index contributed by atoms with van der Waals surface area (Å²) in [6.07, 6.45) is 9.28. The zero-order valence-electron chi connectivity index (χ0n) is 13.7. The summed E-state index contributed by atoms with van der Waals surface area (Å²) in [6, 6.07) is 4.91. The Morgan fingerprint density at radius 1 is 1.24 bits per heavy atom. The smallest absolute Gasteiger partial charge is 0.0309 e. The van der Waals surface area contributed by atoms with E-state index in [2.05, 4.69) is 48.1 Å². The Hall–Kier alpha value is -0.930. The van der Waals surface area contributed by atoms with Gasteiger partial charge in [0.15, 0.2) is 0 Å². The molecule has 1 saturated carbocycles. The van der Waals surface area contributed by atoms with Gasteiger partial charge in [-0.1, -0.05) is 33.6 Å². The van der Waals surface area contributed by atoms with Crippen LogP contribution in [-0.2, 0) is 6.54 Å². The van der Waals surface area contributed by atoms with Crippen LogP contribution in [0.5, 0.6) is 0 Å². The molecular formula is C18H29N3. The van der Waals surface area contributed by atoms with E-state index in [0.717, 1.165) is 13.1 Å². The molecule has 0 amide bonds. The summed E-state index contributed by atoms with van der Waals surface area (Å²) in [5.41, 5.74) is 2.07. The second kappa shape index (κ2) is 5.69. The van der Waals surface area contributed by atoms with E-state index in [1.807, 2.05) is 12.4 Å². The summed E-state index contributed by atoms with van der Waals surface area (Å²) in [7, 11) is 0. The zero-order chi connectivity index (χ0) is 14.9. The maximum atomic E-state index is 4.15. The molecule has 0 radical (unpaired) electrons. The van der Waals surface area contributed by atoms with Crippen LogP contribution in [0, 0.1) is 5.41 Å². The number of hydrogen-bond donors (Lipinski definition) is 1. The van der Waals surface area contributed by atoms with Gasteiger partial charge in [0.2, 0.25) is 0 Å². The van der Waals surface area contributed by atoms with E-state index in [1.165, 1.54) is 37.8 Å². The molecule has 2 heterocycles. The molecule has 2 aliphatic rings. The van der Waals surface area contributed by atoms with Crippen molar-refractivity contribution < 1.29 is 0 Å². The van der Waals surface area contributed by atoms with Gasteiger partial charge in [-0.05, 0) is 36.0 Å². The van der Waals surface area contributed by atoms with Crippen molar-refractivity contribution in [3.8, 4) is 0 Å². The molecule has 0 bridgehead atoms. The standard InChI is InChI=1S/C18H29N3/c1-17(2,3)16-12-20-18(8-4-5-9-18)14-21(16)13-15-6-10-19-11-7-15/h6-7,10-11,16,20H,4-5,8-9,12-14H2,1-3H3. The van der Waals surface area contributed by atoms with Crippen molar-refractivity contribution in [1.29, 1.82) is 0 Å². The Morgan fingerprint density at radius 3 is 2.52 bits per heavy atom. The minimum atomic E-state index is 0.306. The van der Waals surface area contributed by atoms with Gasteiger partial charge >= 0.3 is 0 Å². The average molecular weight is 287 g/mol. The Kier molecular flexibility index (Phi) is 4.06. The first kappa shape index (κ1) is 15.0. The maximum Gasteiger partial charge on any atom is 0.0309 e. The fourth-order valence-corrected chi connectivity index (χ4v) is 4.13. The highest BCUT2D eigenvalue weighted by molar-refractivity contribution is 5.12. The van der Waals surface area contributed by atoms with Crippen molar-refractivity contribution in [2.24, 2.45) is 5.41 Å². The quantitative estimate of drug-likeness (QED) is 0.905. The van der Waals surface area contributed by atoms with Crippen LogP contribution in [0.15, 0.2) is 24.5 Å². The van der Waals surface area contributed by atoms with E-state index in [0.29, 0.717) is 17.0 Å². The second-order valence-electron chi connectivity index (χ2n) is 8.01. The zero-order valence-corrected chi connectivity index (χ0v) is 13.7. The summed E-state index contributed by atoms with van der Waals surface area (Å²) in [5, 5.41) is 3.91. The number of piperazine rings is 1. The molecule has 3 heteroatoms. The number of pyridine rings is 1. The Balaban J connectivity index is 1.79. The van der Waals surface area contributed by atoms with Crippen LogP contribution in [0.1, 0.15) is 52.0 Å². The monoisotopic (exact) mass is 287 g/mol. The van der Waals surface area contributed by atoms with Gasteiger partial charge in [-0.15, -0.1) is 0 Å². The lowest BCUT2D eigenvalue weighted by Crippen LogP contribution is -2.65. The predicted octanol–water partition coefficient (Wildman–Crippen LogP) is 3.21. The SMILES string of the molecule is CC(C)(C)C1CNC2(CCCC2)CN1Cc1ccncc1. The Morgan fingerprint density at radius 2 is 1.90 bits per heavy atom. The second-order valence-corrected chi connectivity index (χ2v) is 8.01. The van der Waals surface area contributed by atoms with Crippen LogP contribution in [0.4, 0.5) is 0 Å². The molecule has 3 rings (SSSR count). The lowest BCUT2D eigenvalue weighted by atomic mass is 9.81. The van der Waals surface area contributed by atoms with Gasteiger partial charge in [-0.2, -0.15) is 0 Å². The van der Waals surface area contributed by atoms with Crippen LogP contribution in [0.25, 0.3) is 0 Å². The van der Waals surface area contributed by atoms with E-state index in [9.17, 15) is 0 Å². The van der Waals surface area contributed by atoms with Gasteiger partial charge < -0.3 is 5.32 Å². The molecule has 21 heavy (non-hydrogen) atoms. The molecular weight excluding hydrogens is 258 g/mol. The first-order chi connectivity index (χ1) is 9.99. The van der Waals surface area contributed by atoms with Crippen molar-refractivity contribution in [3.63, 3.8) is 0 Å². The van der Waals surface area contributed by atoms with Crippen LogP contribution in [0.2, 0.25) is 0 Å². The molecule has 1 aliphatic heterocycles. The first-order valence-electron chi connectivity index (χ1n) is 8.37. The van der Waals surface area contributed by atoms with E-state index >= 15 is 0 Å². The van der Waals surface area contributed by atoms with Gasteiger partial charge in [0.25, 0.3) is 0 Å². The van der Waals surface area contributed by atoms with Crippen molar-refractivity contribution in [2.75, 3.05) is 13.1 Å². The summed E-state index contributed by atoms with van der Waals surface area (Å²) >= 11 is 0. The molecule has 1 aliphatic carbocycles. The highest BCUT2D eigenvalue weighted by Gasteiger charge is 2.43. The topological polar surface area (TPSA) is 28.2 Å². The first-order valence-corrected chi connectivity index (χ1v) is 8.37. The Bertz CT molecular complexity index is 457. The van der Waals surface area contributed by atoms with Crippen molar-refractivity contribution in [3.05, 3.63) is 30.1 Å². The van der Waals surface area contributed by atoms with E-state index in [-0.39, 0.29) is 0 Å². The van der Waals surface area contributed by atoms with Gasteiger partial charge in [0, 0.05) is 43.6 Å². The van der Waals surface area contributed by atoms with Crippen molar-refractivity contribution >= 4 is 0 Å². The third-order valence-corrected chi connectivity index (χ3v) is 5.31. The van der Waals surface area contributed by atoms with Gasteiger partial charge in [-0.25, -0.2) is 0 Å². The molecule has 2 fully saturated rings. The van der Waals surface area contributed by atoms with Crippen LogP contribution < -0.4 is 5.32 Å². The molecule has 1 aromatic heterocycles. The predicted molar refractivity (Wildman–Crippen MR) is 87.1 cm³/mol. The molecule has 0 aromatic carbocycles.